The van der Waals surface area contributed by atoms with Gasteiger partial charge in [0.2, 0.25) is 0 Å². The molecule has 0 aromatic heterocycles. The van der Waals surface area contributed by atoms with Crippen molar-refractivity contribution in [2.24, 2.45) is 0 Å². The quantitative estimate of drug-likeness (QED) is 0.703. The molecule has 0 aliphatic heterocycles. The Labute approximate surface area is 84.9 Å². The predicted octanol–water partition coefficient (Wildman–Crippen LogP) is 2.01. The summed E-state index contributed by atoms with van der Waals surface area (Å²) in [6, 6.07) is 2.92. The Morgan fingerprint density at radius 2 is 2.07 bits per heavy atom. The minimum absolute atomic E-state index is 0.0999. The molecule has 5 heteroatoms. The van der Waals surface area contributed by atoms with E-state index in [4.69, 9.17) is 5.26 Å². The van der Waals surface area contributed by atoms with E-state index in [0.29, 0.717) is 12.1 Å². The minimum atomic E-state index is -1.18. The third kappa shape index (κ3) is 2.29. The van der Waals surface area contributed by atoms with Crippen molar-refractivity contribution in [2.75, 3.05) is 6.61 Å². The number of hydrogen-bond donors (Lipinski definition) is 0. The summed E-state index contributed by atoms with van der Waals surface area (Å²) in [5.41, 5.74) is -0.509. The first-order valence-corrected chi connectivity index (χ1v) is 4.16. The number of hydrogen-bond acceptors (Lipinski definition) is 3. The Kier molecular flexibility index (Phi) is 3.34. The van der Waals surface area contributed by atoms with Crippen molar-refractivity contribution in [3.05, 3.63) is 34.9 Å². The van der Waals surface area contributed by atoms with Crippen molar-refractivity contribution >= 4 is 5.97 Å². The van der Waals surface area contributed by atoms with E-state index in [-0.39, 0.29) is 17.7 Å². The lowest BCUT2D eigenvalue weighted by molar-refractivity contribution is 0.0525. The third-order valence-electron chi connectivity index (χ3n) is 1.68. The van der Waals surface area contributed by atoms with Crippen LogP contribution in [-0.2, 0) is 4.74 Å². The lowest BCUT2D eigenvalue weighted by Gasteiger charge is -2.04. The number of carbonyl (C=O) groups is 1. The highest BCUT2D eigenvalue weighted by Gasteiger charge is 2.16. The molecule has 15 heavy (non-hydrogen) atoms. The molecule has 0 aliphatic rings. The van der Waals surface area contributed by atoms with Crippen LogP contribution in [0.25, 0.3) is 0 Å². The van der Waals surface area contributed by atoms with Crippen molar-refractivity contribution in [3.8, 4) is 6.07 Å². The van der Waals surface area contributed by atoms with Gasteiger partial charge in [-0.15, -0.1) is 0 Å². The van der Waals surface area contributed by atoms with E-state index in [0.717, 1.165) is 0 Å². The first-order valence-electron chi connectivity index (χ1n) is 4.16. The third-order valence-corrected chi connectivity index (χ3v) is 1.68. The Hall–Kier alpha value is -1.96. The van der Waals surface area contributed by atoms with Crippen molar-refractivity contribution in [3.63, 3.8) is 0 Å². The van der Waals surface area contributed by atoms with Crippen LogP contribution in [0.15, 0.2) is 12.1 Å². The SMILES string of the molecule is CCOC(=O)c1cc(F)c(F)cc1C#N. The fourth-order valence-electron chi connectivity index (χ4n) is 1.02. The molecule has 0 unspecified atom stereocenters. The van der Waals surface area contributed by atoms with Gasteiger partial charge in [0.15, 0.2) is 11.6 Å². The molecule has 1 aromatic carbocycles. The van der Waals surface area contributed by atoms with E-state index in [2.05, 4.69) is 4.74 Å². The Morgan fingerprint density at radius 3 is 2.60 bits per heavy atom. The molecular formula is C10H7F2NO2. The number of halogens is 2. The van der Waals surface area contributed by atoms with Gasteiger partial charge in [0.25, 0.3) is 0 Å². The van der Waals surface area contributed by atoms with Gasteiger partial charge in [-0.2, -0.15) is 5.26 Å². The molecule has 0 heterocycles. The summed E-state index contributed by atoms with van der Waals surface area (Å²) in [6.45, 7) is 1.67. The number of rotatable bonds is 2. The monoisotopic (exact) mass is 211 g/mol. The van der Waals surface area contributed by atoms with E-state index in [1.165, 1.54) is 0 Å². The van der Waals surface area contributed by atoms with Crippen LogP contribution in [0.3, 0.4) is 0 Å². The summed E-state index contributed by atoms with van der Waals surface area (Å²) in [7, 11) is 0. The van der Waals surface area contributed by atoms with Crippen molar-refractivity contribution in [1.29, 1.82) is 5.26 Å². The van der Waals surface area contributed by atoms with Gasteiger partial charge in [-0.25, -0.2) is 13.6 Å². The zero-order chi connectivity index (χ0) is 11.4. The van der Waals surface area contributed by atoms with Gasteiger partial charge in [-0.3, -0.25) is 0 Å². The molecule has 0 N–H and O–H groups in total. The number of benzene rings is 1. The molecule has 0 aliphatic carbocycles. The highest BCUT2D eigenvalue weighted by molar-refractivity contribution is 5.92. The smallest absolute Gasteiger partial charge is 0.339 e. The molecule has 0 radical (unpaired) electrons. The second kappa shape index (κ2) is 4.51. The van der Waals surface area contributed by atoms with Crippen LogP contribution in [0.4, 0.5) is 8.78 Å². The zero-order valence-electron chi connectivity index (χ0n) is 7.88. The highest BCUT2D eigenvalue weighted by Crippen LogP contribution is 2.15. The van der Waals surface area contributed by atoms with Crippen LogP contribution in [0.1, 0.15) is 22.8 Å². The van der Waals surface area contributed by atoms with E-state index < -0.39 is 17.6 Å². The van der Waals surface area contributed by atoms with Gasteiger partial charge in [0.1, 0.15) is 6.07 Å². The van der Waals surface area contributed by atoms with Crippen LogP contribution in [0, 0.1) is 23.0 Å². The zero-order valence-corrected chi connectivity index (χ0v) is 7.88. The summed E-state index contributed by atoms with van der Waals surface area (Å²) in [4.78, 5) is 11.2. The van der Waals surface area contributed by atoms with Crippen LogP contribution < -0.4 is 0 Å². The fourth-order valence-corrected chi connectivity index (χ4v) is 1.02. The lowest BCUT2D eigenvalue weighted by atomic mass is 10.1. The normalized spacial score (nSPS) is 9.47. The van der Waals surface area contributed by atoms with Gasteiger partial charge >= 0.3 is 5.97 Å². The molecule has 0 atom stereocenters. The number of ether oxygens (including phenoxy) is 1. The molecule has 0 amide bonds. The van der Waals surface area contributed by atoms with Crippen molar-refractivity contribution in [2.45, 2.75) is 6.92 Å². The minimum Gasteiger partial charge on any atom is -0.462 e. The maximum atomic E-state index is 12.8. The van der Waals surface area contributed by atoms with Crippen molar-refractivity contribution < 1.29 is 18.3 Å². The van der Waals surface area contributed by atoms with Crippen LogP contribution in [-0.4, -0.2) is 12.6 Å². The Bertz CT molecular complexity index is 438. The van der Waals surface area contributed by atoms with Crippen LogP contribution in [0.2, 0.25) is 0 Å². The predicted molar refractivity (Wildman–Crippen MR) is 47.0 cm³/mol. The standard InChI is InChI=1S/C10H7F2NO2/c1-2-15-10(14)7-4-9(12)8(11)3-6(7)5-13/h3-4H,2H2,1H3. The average molecular weight is 211 g/mol. The molecule has 78 valence electrons. The number of carbonyl (C=O) groups excluding carboxylic acids is 1. The van der Waals surface area contributed by atoms with Crippen LogP contribution in [0.5, 0.6) is 0 Å². The molecule has 0 saturated carbocycles. The molecule has 1 aromatic rings. The summed E-state index contributed by atoms with van der Waals surface area (Å²) in [5, 5.41) is 8.60. The molecule has 0 spiro atoms. The molecular weight excluding hydrogens is 204 g/mol. The van der Waals surface area contributed by atoms with Gasteiger partial charge in [0, 0.05) is 0 Å². The van der Waals surface area contributed by atoms with Gasteiger partial charge in [-0.1, -0.05) is 0 Å². The molecule has 1 rings (SSSR count). The molecule has 3 nitrogen and oxygen atoms in total. The van der Waals surface area contributed by atoms with Crippen LogP contribution >= 0.6 is 0 Å². The van der Waals surface area contributed by atoms with Gasteiger partial charge in [-0.05, 0) is 19.1 Å². The molecule has 0 saturated heterocycles. The Balaban J connectivity index is 3.23. The first kappa shape index (κ1) is 11.1. The number of esters is 1. The van der Waals surface area contributed by atoms with E-state index >= 15 is 0 Å². The van der Waals surface area contributed by atoms with E-state index in [9.17, 15) is 13.6 Å². The van der Waals surface area contributed by atoms with E-state index in [1.54, 1.807) is 13.0 Å². The molecule has 0 bridgehead atoms. The van der Waals surface area contributed by atoms with Gasteiger partial charge < -0.3 is 4.74 Å². The summed E-state index contributed by atoms with van der Waals surface area (Å²) in [6.07, 6.45) is 0. The highest BCUT2D eigenvalue weighted by atomic mass is 19.2. The average Bonchev–Trinajstić information content (AvgIpc) is 2.21. The fraction of sp³-hybridized carbons (Fsp3) is 0.200. The lowest BCUT2D eigenvalue weighted by Crippen LogP contribution is -2.08. The summed E-state index contributed by atoms with van der Waals surface area (Å²) in [5.74, 6) is -3.19. The second-order valence-corrected chi connectivity index (χ2v) is 2.64. The van der Waals surface area contributed by atoms with E-state index in [1.807, 2.05) is 0 Å². The topological polar surface area (TPSA) is 50.1 Å². The van der Waals surface area contributed by atoms with Gasteiger partial charge in [0.05, 0.1) is 17.7 Å². The second-order valence-electron chi connectivity index (χ2n) is 2.64. The Morgan fingerprint density at radius 1 is 1.47 bits per heavy atom. The molecule has 0 fully saturated rings. The number of nitrogens with zero attached hydrogens (tertiary/aromatic N) is 1. The number of nitriles is 1. The maximum Gasteiger partial charge on any atom is 0.339 e. The van der Waals surface area contributed by atoms with Crippen molar-refractivity contribution in [1.82, 2.24) is 0 Å². The maximum absolute atomic E-state index is 12.8. The summed E-state index contributed by atoms with van der Waals surface area (Å²) < 4.78 is 30.1. The summed E-state index contributed by atoms with van der Waals surface area (Å²) >= 11 is 0. The first-order chi connectivity index (χ1) is 7.10. The largest absolute Gasteiger partial charge is 0.462 e.